The minimum absolute atomic E-state index is 0.105. The Kier molecular flexibility index (Phi) is 9.95. The van der Waals surface area contributed by atoms with E-state index in [0.717, 1.165) is 25.7 Å². The van der Waals surface area contributed by atoms with E-state index in [0.29, 0.717) is 13.1 Å². The summed E-state index contributed by atoms with van der Waals surface area (Å²) >= 11 is 0. The third-order valence-electron chi connectivity index (χ3n) is 3.04. The molecular weight excluding hydrogens is 310 g/mol. The van der Waals surface area contributed by atoms with Crippen LogP contribution in [0, 0.1) is 0 Å². The van der Waals surface area contributed by atoms with Crippen molar-refractivity contribution in [1.29, 1.82) is 0 Å². The van der Waals surface area contributed by atoms with Crippen LogP contribution in [0.2, 0.25) is 0 Å². The molecule has 4 N–H and O–H groups in total. The van der Waals surface area contributed by atoms with Crippen LogP contribution >= 0.6 is 0 Å². The monoisotopic (exact) mass is 341 g/mol. The zero-order valence-electron chi connectivity index (χ0n) is 15.2. The molecule has 0 saturated carbocycles. The average Bonchev–Trinajstić information content (AvgIpc) is 2.46. The highest BCUT2D eigenvalue weighted by atomic mass is 16.6. The second-order valence-corrected chi connectivity index (χ2v) is 6.73. The molecule has 0 bridgehead atoms. The first-order valence-corrected chi connectivity index (χ1v) is 8.28. The smallest absolute Gasteiger partial charge is 0.407 e. The lowest BCUT2D eigenvalue weighted by Crippen LogP contribution is -2.35. The maximum atomic E-state index is 11.7. The molecule has 0 rings (SSSR count). The molecule has 138 valence electrons. The summed E-state index contributed by atoms with van der Waals surface area (Å²) in [6, 6.07) is -0.722. The molecule has 0 aromatic carbocycles. The Balaban J connectivity index is 3.65. The highest BCUT2D eigenvalue weighted by Crippen LogP contribution is 2.06. The maximum absolute atomic E-state index is 11.7. The van der Waals surface area contributed by atoms with E-state index in [1.165, 1.54) is 6.92 Å². The largest absolute Gasteiger partial charge is 0.444 e. The summed E-state index contributed by atoms with van der Waals surface area (Å²) in [5, 5.41) is 5.34. The van der Waals surface area contributed by atoms with Crippen LogP contribution in [-0.4, -0.2) is 42.5 Å². The van der Waals surface area contributed by atoms with Gasteiger partial charge < -0.3 is 21.1 Å². The molecule has 7 heteroatoms. The first-order valence-electron chi connectivity index (χ1n) is 8.28. The van der Waals surface area contributed by atoms with Gasteiger partial charge in [-0.25, -0.2) is 4.79 Å². The molecule has 0 fully saturated rings. The lowest BCUT2D eigenvalue weighted by atomic mass is 10.1. The standard InChI is InChI=1S/C17H31N3O4/c1-12(14(21)13(2)18)15(22)19-10-8-6-7-9-11-20-16(23)24-17(3,4)5/h13H,1,6-11,18H2,2-5H3,(H,19,22)(H,20,23)/t13-/m0/s1. The predicted octanol–water partition coefficient (Wildman–Crippen LogP) is 1.66. The molecule has 0 aromatic rings. The van der Waals surface area contributed by atoms with Crippen molar-refractivity contribution in [3.63, 3.8) is 0 Å². The fourth-order valence-electron chi connectivity index (χ4n) is 1.80. The maximum Gasteiger partial charge on any atom is 0.407 e. The minimum Gasteiger partial charge on any atom is -0.444 e. The van der Waals surface area contributed by atoms with Crippen LogP contribution in [-0.2, 0) is 14.3 Å². The zero-order chi connectivity index (χ0) is 18.8. The van der Waals surface area contributed by atoms with E-state index >= 15 is 0 Å². The third-order valence-corrected chi connectivity index (χ3v) is 3.04. The molecule has 0 heterocycles. The number of amides is 2. The normalized spacial score (nSPS) is 12.2. The Morgan fingerprint density at radius 1 is 1.04 bits per heavy atom. The van der Waals surface area contributed by atoms with Crippen molar-refractivity contribution in [1.82, 2.24) is 10.6 Å². The summed E-state index contributed by atoms with van der Waals surface area (Å²) in [4.78, 5) is 34.6. The summed E-state index contributed by atoms with van der Waals surface area (Å²) in [6.07, 6.45) is 3.04. The Labute approximate surface area is 144 Å². The van der Waals surface area contributed by atoms with Gasteiger partial charge in [0.05, 0.1) is 11.6 Å². The molecule has 0 spiro atoms. The van der Waals surface area contributed by atoms with Gasteiger partial charge in [0.1, 0.15) is 5.60 Å². The number of hydrogen-bond donors (Lipinski definition) is 3. The van der Waals surface area contributed by atoms with Gasteiger partial charge in [-0.15, -0.1) is 0 Å². The van der Waals surface area contributed by atoms with Crippen molar-refractivity contribution in [2.45, 2.75) is 65.0 Å². The second-order valence-electron chi connectivity index (χ2n) is 6.73. The number of unbranched alkanes of at least 4 members (excludes halogenated alkanes) is 3. The minimum atomic E-state index is -0.722. The molecule has 0 aliphatic rings. The van der Waals surface area contributed by atoms with Crippen LogP contribution in [0.1, 0.15) is 53.4 Å². The summed E-state index contributed by atoms with van der Waals surface area (Å²) in [5.74, 6) is -0.912. The number of ether oxygens (including phenoxy) is 1. The van der Waals surface area contributed by atoms with Crippen molar-refractivity contribution < 1.29 is 19.1 Å². The molecule has 0 radical (unpaired) electrons. The molecule has 24 heavy (non-hydrogen) atoms. The van der Waals surface area contributed by atoms with E-state index < -0.39 is 29.4 Å². The SMILES string of the molecule is C=C(C(=O)NCCCCCCNC(=O)OC(C)(C)C)C(=O)[C@H](C)N. The van der Waals surface area contributed by atoms with Crippen LogP contribution in [0.15, 0.2) is 12.2 Å². The number of carbonyl (C=O) groups is 3. The van der Waals surface area contributed by atoms with E-state index in [1.807, 2.05) is 20.8 Å². The van der Waals surface area contributed by atoms with Crippen molar-refractivity contribution in [2.24, 2.45) is 5.73 Å². The zero-order valence-corrected chi connectivity index (χ0v) is 15.2. The topological polar surface area (TPSA) is 111 Å². The van der Waals surface area contributed by atoms with Crippen LogP contribution in [0.25, 0.3) is 0 Å². The van der Waals surface area contributed by atoms with Crippen molar-refractivity contribution in [2.75, 3.05) is 13.1 Å². The Morgan fingerprint density at radius 3 is 2.00 bits per heavy atom. The highest BCUT2D eigenvalue weighted by molar-refractivity contribution is 6.20. The molecule has 0 unspecified atom stereocenters. The molecule has 7 nitrogen and oxygen atoms in total. The number of nitrogens with one attached hydrogen (secondary N) is 2. The molecule has 0 aliphatic carbocycles. The fourth-order valence-corrected chi connectivity index (χ4v) is 1.80. The van der Waals surface area contributed by atoms with Gasteiger partial charge in [-0.05, 0) is 40.5 Å². The quantitative estimate of drug-likeness (QED) is 0.242. The Bertz CT molecular complexity index is 453. The lowest BCUT2D eigenvalue weighted by Gasteiger charge is -2.19. The van der Waals surface area contributed by atoms with Crippen molar-refractivity contribution in [3.05, 3.63) is 12.2 Å². The second kappa shape index (κ2) is 10.8. The third kappa shape index (κ3) is 10.8. The van der Waals surface area contributed by atoms with E-state index in [1.54, 1.807) is 0 Å². The molecule has 2 amide bonds. The van der Waals surface area contributed by atoms with Crippen LogP contribution in [0.4, 0.5) is 4.79 Å². The summed E-state index contributed by atoms with van der Waals surface area (Å²) < 4.78 is 5.13. The number of nitrogens with two attached hydrogens (primary N) is 1. The average molecular weight is 341 g/mol. The van der Waals surface area contributed by atoms with E-state index in [2.05, 4.69) is 17.2 Å². The van der Waals surface area contributed by atoms with Gasteiger partial charge in [0.25, 0.3) is 5.91 Å². The summed E-state index contributed by atoms with van der Waals surface area (Å²) in [6.45, 7) is 11.5. The van der Waals surface area contributed by atoms with Gasteiger partial charge in [-0.1, -0.05) is 19.4 Å². The molecular formula is C17H31N3O4. The number of alkyl carbamates (subject to hydrolysis) is 1. The molecule has 0 aromatic heterocycles. The Morgan fingerprint density at radius 2 is 1.54 bits per heavy atom. The van der Waals surface area contributed by atoms with E-state index in [9.17, 15) is 14.4 Å². The van der Waals surface area contributed by atoms with Crippen LogP contribution < -0.4 is 16.4 Å². The van der Waals surface area contributed by atoms with Gasteiger partial charge in [0.15, 0.2) is 5.78 Å². The van der Waals surface area contributed by atoms with E-state index in [-0.39, 0.29) is 5.57 Å². The molecule has 1 atom stereocenters. The fraction of sp³-hybridized carbons (Fsp3) is 0.706. The first-order chi connectivity index (χ1) is 11.0. The van der Waals surface area contributed by atoms with Crippen molar-refractivity contribution in [3.8, 4) is 0 Å². The van der Waals surface area contributed by atoms with E-state index in [4.69, 9.17) is 10.5 Å². The predicted molar refractivity (Wildman–Crippen MR) is 93.5 cm³/mol. The summed E-state index contributed by atoms with van der Waals surface area (Å²) in [7, 11) is 0. The van der Waals surface area contributed by atoms with Crippen molar-refractivity contribution >= 4 is 17.8 Å². The molecule has 0 aliphatic heterocycles. The number of ketones is 1. The van der Waals surface area contributed by atoms with Crippen LogP contribution in [0.3, 0.4) is 0 Å². The number of hydrogen-bond acceptors (Lipinski definition) is 5. The summed E-state index contributed by atoms with van der Waals surface area (Å²) in [5.41, 5.74) is 4.83. The number of carbonyl (C=O) groups excluding carboxylic acids is 3. The molecule has 0 saturated heterocycles. The number of Topliss-reactive ketones (excluding diaryl/α,β-unsaturated/α-hetero) is 1. The van der Waals surface area contributed by atoms with Gasteiger partial charge in [0, 0.05) is 13.1 Å². The van der Waals surface area contributed by atoms with Gasteiger partial charge in [-0.2, -0.15) is 0 Å². The van der Waals surface area contributed by atoms with Gasteiger partial charge in [-0.3, -0.25) is 9.59 Å². The van der Waals surface area contributed by atoms with Crippen LogP contribution in [0.5, 0.6) is 0 Å². The highest BCUT2D eigenvalue weighted by Gasteiger charge is 2.18. The van der Waals surface area contributed by atoms with Gasteiger partial charge >= 0.3 is 6.09 Å². The van der Waals surface area contributed by atoms with Gasteiger partial charge in [0.2, 0.25) is 0 Å². The lowest BCUT2D eigenvalue weighted by molar-refractivity contribution is -0.123. The Hall–Kier alpha value is -1.89. The first kappa shape index (κ1) is 22.1. The number of rotatable bonds is 10.